The molecule has 8 heteroatoms. The molecule has 4 aromatic carbocycles. The molecule has 0 fully saturated rings. The van der Waals surface area contributed by atoms with Crippen molar-refractivity contribution in [3.8, 4) is 17.2 Å². The molecule has 0 unspecified atom stereocenters. The lowest BCUT2D eigenvalue weighted by molar-refractivity contribution is 0.306. The Bertz CT molecular complexity index is 2100. The number of halogens is 1. The Morgan fingerprint density at radius 2 is 1.75 bits per heavy atom. The molecule has 7 rings (SSSR count). The van der Waals surface area contributed by atoms with E-state index in [2.05, 4.69) is 18.2 Å². The fourth-order valence-electron chi connectivity index (χ4n) is 5.94. The number of hydrogen-bond acceptors (Lipinski definition) is 6. The highest BCUT2D eigenvalue weighted by Gasteiger charge is 2.33. The molecule has 0 spiro atoms. The summed E-state index contributed by atoms with van der Waals surface area (Å²) in [5.41, 5.74) is 7.26. The summed E-state index contributed by atoms with van der Waals surface area (Å²) >= 11 is 7.42. The molecule has 6 nitrogen and oxygen atoms in total. The number of methoxy groups -OCH3 is 2. The molecule has 44 heavy (non-hydrogen) atoms. The summed E-state index contributed by atoms with van der Waals surface area (Å²) in [7, 11) is 3.25. The Morgan fingerprint density at radius 1 is 0.932 bits per heavy atom. The lowest BCUT2D eigenvalue weighted by Gasteiger charge is -2.31. The molecule has 1 aliphatic carbocycles. The van der Waals surface area contributed by atoms with E-state index < -0.39 is 0 Å². The van der Waals surface area contributed by atoms with Crippen molar-refractivity contribution >= 4 is 34.7 Å². The van der Waals surface area contributed by atoms with Crippen LogP contribution >= 0.6 is 22.9 Å². The average Bonchev–Trinajstić information content (AvgIpc) is 3.37. The van der Waals surface area contributed by atoms with Gasteiger partial charge in [0.1, 0.15) is 12.4 Å². The monoisotopic (exact) mass is 620 g/mol. The number of nitrogens with zero attached hydrogens (tertiary/aromatic N) is 2. The van der Waals surface area contributed by atoms with Crippen molar-refractivity contribution in [3.63, 3.8) is 0 Å². The molecule has 0 radical (unpaired) electrons. The largest absolute Gasteiger partial charge is 0.493 e. The van der Waals surface area contributed by atoms with Crippen LogP contribution in [0.2, 0.25) is 5.02 Å². The Morgan fingerprint density at radius 3 is 2.57 bits per heavy atom. The van der Waals surface area contributed by atoms with Gasteiger partial charge in [0.2, 0.25) is 0 Å². The van der Waals surface area contributed by atoms with Gasteiger partial charge < -0.3 is 14.2 Å². The van der Waals surface area contributed by atoms with Crippen molar-refractivity contribution in [2.24, 2.45) is 4.99 Å². The summed E-state index contributed by atoms with van der Waals surface area (Å²) in [6, 6.07) is 29.3. The van der Waals surface area contributed by atoms with E-state index in [0.717, 1.165) is 52.1 Å². The zero-order valence-electron chi connectivity index (χ0n) is 24.2. The SMILES string of the molecule is COc1ccc([C@@H]2C3=C(N=c4s/c(=C/c5cccc(OCc6ccc(Cl)cc6)c5)c(=O)n42)c2ccccc2CC3)cc1OC. The first kappa shape index (κ1) is 28.2. The second-order valence-corrected chi connectivity index (χ2v) is 12.2. The van der Waals surface area contributed by atoms with Crippen LogP contribution in [0.4, 0.5) is 0 Å². The third kappa shape index (κ3) is 5.23. The molecule has 2 heterocycles. The third-order valence-corrected chi connectivity index (χ3v) is 9.31. The van der Waals surface area contributed by atoms with Gasteiger partial charge in [0.15, 0.2) is 16.3 Å². The highest BCUT2D eigenvalue weighted by atomic mass is 35.5. The Kier molecular flexibility index (Phi) is 7.58. The maximum atomic E-state index is 14.2. The highest BCUT2D eigenvalue weighted by molar-refractivity contribution is 7.07. The fraction of sp³-hybridized carbons (Fsp3) is 0.167. The smallest absolute Gasteiger partial charge is 0.271 e. The molecule has 220 valence electrons. The van der Waals surface area contributed by atoms with Gasteiger partial charge in [0, 0.05) is 10.6 Å². The molecular formula is C36H29ClN2O4S. The third-order valence-electron chi connectivity index (χ3n) is 8.07. The topological polar surface area (TPSA) is 62.0 Å². The maximum Gasteiger partial charge on any atom is 0.271 e. The first-order valence-corrected chi connectivity index (χ1v) is 15.5. The Hall–Kier alpha value is -4.59. The van der Waals surface area contributed by atoms with Gasteiger partial charge in [-0.2, -0.15) is 0 Å². The van der Waals surface area contributed by atoms with Crippen LogP contribution < -0.4 is 29.1 Å². The molecule has 0 saturated carbocycles. The van der Waals surface area contributed by atoms with Crippen molar-refractivity contribution < 1.29 is 14.2 Å². The van der Waals surface area contributed by atoms with Crippen molar-refractivity contribution in [1.29, 1.82) is 0 Å². The molecule has 1 aliphatic heterocycles. The normalized spacial score (nSPS) is 15.6. The van der Waals surface area contributed by atoms with Crippen LogP contribution in [0.15, 0.2) is 106 Å². The average molecular weight is 621 g/mol. The van der Waals surface area contributed by atoms with Crippen molar-refractivity contribution in [3.05, 3.63) is 149 Å². The minimum Gasteiger partial charge on any atom is -0.493 e. The van der Waals surface area contributed by atoms with E-state index >= 15 is 0 Å². The second kappa shape index (κ2) is 11.8. The van der Waals surface area contributed by atoms with Gasteiger partial charge in [-0.15, -0.1) is 0 Å². The predicted molar refractivity (Wildman–Crippen MR) is 175 cm³/mol. The number of ether oxygens (including phenoxy) is 3. The van der Waals surface area contributed by atoms with Crippen molar-refractivity contribution in [2.45, 2.75) is 25.5 Å². The van der Waals surface area contributed by atoms with Gasteiger partial charge in [-0.3, -0.25) is 9.36 Å². The van der Waals surface area contributed by atoms with E-state index in [9.17, 15) is 4.79 Å². The fourth-order valence-corrected chi connectivity index (χ4v) is 7.07. The lowest BCUT2D eigenvalue weighted by Crippen LogP contribution is -2.38. The minimum atomic E-state index is -0.314. The van der Waals surface area contributed by atoms with Crippen molar-refractivity contribution in [1.82, 2.24) is 4.57 Å². The molecule has 0 saturated heterocycles. The zero-order valence-corrected chi connectivity index (χ0v) is 25.8. The van der Waals surface area contributed by atoms with Crippen LogP contribution in [0.5, 0.6) is 17.2 Å². The van der Waals surface area contributed by atoms with E-state index in [1.165, 1.54) is 16.9 Å². The number of aryl methyl sites for hydroxylation is 1. The van der Waals surface area contributed by atoms with E-state index in [4.69, 9.17) is 30.8 Å². The number of thiazole rings is 1. The predicted octanol–water partition coefficient (Wildman–Crippen LogP) is 6.57. The number of benzene rings is 4. The number of hydrogen-bond donors (Lipinski definition) is 0. The van der Waals surface area contributed by atoms with Gasteiger partial charge >= 0.3 is 0 Å². The molecule has 0 N–H and O–H groups in total. The molecule has 2 aliphatic rings. The van der Waals surface area contributed by atoms with E-state index in [-0.39, 0.29) is 11.6 Å². The maximum absolute atomic E-state index is 14.2. The minimum absolute atomic E-state index is 0.0774. The number of fused-ring (bicyclic) bond motifs is 3. The van der Waals surface area contributed by atoms with Gasteiger partial charge in [-0.1, -0.05) is 77.5 Å². The van der Waals surface area contributed by atoms with Gasteiger partial charge in [-0.05, 0) is 83.1 Å². The first-order valence-electron chi connectivity index (χ1n) is 14.3. The van der Waals surface area contributed by atoms with Gasteiger partial charge in [0.05, 0.1) is 30.5 Å². The van der Waals surface area contributed by atoms with Crippen LogP contribution in [-0.4, -0.2) is 18.8 Å². The Balaban J connectivity index is 1.32. The second-order valence-electron chi connectivity index (χ2n) is 10.7. The summed E-state index contributed by atoms with van der Waals surface area (Å²) in [5.74, 6) is 1.99. The van der Waals surface area contributed by atoms with E-state index in [1.54, 1.807) is 14.2 Å². The molecule has 1 aromatic heterocycles. The summed E-state index contributed by atoms with van der Waals surface area (Å²) in [5, 5.41) is 0.690. The van der Waals surface area contributed by atoms with E-state index in [1.807, 2.05) is 83.4 Å². The summed E-state index contributed by atoms with van der Waals surface area (Å²) < 4.78 is 19.7. The summed E-state index contributed by atoms with van der Waals surface area (Å²) in [6.07, 6.45) is 3.62. The number of aromatic nitrogens is 1. The van der Waals surface area contributed by atoms with Crippen LogP contribution in [0.3, 0.4) is 0 Å². The lowest BCUT2D eigenvalue weighted by atomic mass is 9.83. The highest BCUT2D eigenvalue weighted by Crippen LogP contribution is 2.42. The number of allylic oxidation sites excluding steroid dienone is 1. The number of rotatable bonds is 7. The molecule has 5 aromatic rings. The van der Waals surface area contributed by atoms with Gasteiger partial charge in [0.25, 0.3) is 5.56 Å². The zero-order chi connectivity index (χ0) is 30.2. The molecule has 0 bridgehead atoms. The van der Waals surface area contributed by atoms with Crippen molar-refractivity contribution in [2.75, 3.05) is 14.2 Å². The summed E-state index contributed by atoms with van der Waals surface area (Å²) in [6.45, 7) is 0.418. The molecule has 0 amide bonds. The first-order chi connectivity index (χ1) is 21.5. The Labute approximate surface area is 263 Å². The van der Waals surface area contributed by atoms with Crippen LogP contribution in [0, 0.1) is 0 Å². The van der Waals surface area contributed by atoms with E-state index in [0.29, 0.717) is 32.5 Å². The van der Waals surface area contributed by atoms with Crippen LogP contribution in [0.1, 0.15) is 40.3 Å². The molecular weight excluding hydrogens is 592 g/mol. The van der Waals surface area contributed by atoms with Crippen LogP contribution in [0.25, 0.3) is 11.8 Å². The molecule has 1 atom stereocenters. The standard InChI is InChI=1S/C36H29ClN2O4S/c1-41-30-17-13-25(20-31(30)42-2)34-29-16-12-24-7-3-4-9-28(24)33(29)38-36-39(34)35(40)32(44-36)19-23-6-5-8-27(18-23)43-21-22-10-14-26(37)15-11-22/h3-11,13-15,17-20,34H,12,16,21H2,1-2H3/b32-19+/t34-/m1/s1. The van der Waals surface area contributed by atoms with Gasteiger partial charge in [-0.25, -0.2) is 4.99 Å². The van der Waals surface area contributed by atoms with Crippen LogP contribution in [-0.2, 0) is 13.0 Å². The summed E-state index contributed by atoms with van der Waals surface area (Å²) in [4.78, 5) is 20.0. The quantitative estimate of drug-likeness (QED) is 0.207.